The number of aliphatic hydroxyl groups excluding tert-OH is 21. The molecule has 56 nitrogen and oxygen atoms in total. The number of carbonyl (C=O) groups is 2. The minimum atomic E-state index is -6.37. The predicted octanol–water partition coefficient (Wildman–Crippen LogP) is -17.3. The maximum atomic E-state index is 13.7. The molecule has 0 spiro atoms. The van der Waals surface area contributed by atoms with Crippen molar-refractivity contribution >= 4 is 43.2 Å². The molecule has 7 rings (SSSR count). The summed E-state index contributed by atoms with van der Waals surface area (Å²) >= 11 is 0. The summed E-state index contributed by atoms with van der Waals surface area (Å²) in [7, 11) is -23.3. The maximum absolute atomic E-state index is 13.7. The van der Waals surface area contributed by atoms with Crippen LogP contribution < -0.4 is 11.5 Å². The molecule has 60 heteroatoms. The standard InChI is InChI=1S/C53H96N2O54P4/c1-14(61)90-12-22-40(99-46-32(74)25(67)23(65)19(10-59)94-46)31(73)34(76)48(96-22)103-43-29(71)27(69)36(15(62)7-56)97-50(43)104-44-30(72)28(70)39(20(11-60)108-111(84,85)91-4-2-54)100-51(44)102-42-35(77)49(98-37(16(63)8-57)45(42)105-47-33(75)26(68)24(66)21(95-47)13-93-110(81,82)83)101-41-18(107-113(88,89)109-112(86,87)92-5-3-55)6-53(80,52(78)79)106-38(41)17(64)9-58/h15-51,56-60,62-77,80H,2-13,54-55H2,1H3,(H,78,79)(H,84,85)(H,86,87)(H,88,89)(H2,81,82,83)/t15-,16-,17+,18+,19+,20-,21+,22+,23-,24+,25-,26-,27-,28-,29-,30-,31+,32+,33+,34+,35-,36+,37+,38+,39+,40+,41+,42+,43-,44-,45+,46-,47-,48-,49+,50+,51+,53+/m0/s1. The van der Waals surface area contributed by atoms with E-state index in [0.717, 1.165) is 6.92 Å². The van der Waals surface area contributed by atoms with Gasteiger partial charge in [-0.15, -0.1) is 0 Å². The number of aliphatic carboxylic acids is 1. The Hall–Kier alpha value is -2.06. The van der Waals surface area contributed by atoms with E-state index in [0.29, 0.717) is 0 Å². The number of esters is 1. The van der Waals surface area contributed by atoms with Crippen LogP contribution in [-0.4, -0.2) is 459 Å². The molecule has 0 radical (unpaired) electrons. The van der Waals surface area contributed by atoms with Crippen LogP contribution in [0.2, 0.25) is 0 Å². The van der Waals surface area contributed by atoms with Crippen LogP contribution in [0.1, 0.15) is 13.3 Å². The lowest BCUT2D eigenvalue weighted by molar-refractivity contribution is -0.420. The molecule has 41 atom stereocenters. The van der Waals surface area contributed by atoms with Gasteiger partial charge in [0.05, 0.1) is 52.9 Å². The highest BCUT2D eigenvalue weighted by Crippen LogP contribution is 2.62. The van der Waals surface area contributed by atoms with E-state index in [-0.39, 0.29) is 0 Å². The number of carbonyl (C=O) groups excluding carboxylic acids is 1. The van der Waals surface area contributed by atoms with Gasteiger partial charge in [0.1, 0.15) is 196 Å². The van der Waals surface area contributed by atoms with E-state index in [4.69, 9.17) is 91.4 Å². The molecular formula is C53H96N2O54P4. The molecule has 32 N–H and O–H groups in total. The largest absolute Gasteiger partial charge is 0.481 e. The third-order valence-corrected chi connectivity index (χ3v) is 22.3. The highest BCUT2D eigenvalue weighted by atomic mass is 31.3. The summed E-state index contributed by atoms with van der Waals surface area (Å²) in [5, 5.41) is 257. The first-order valence-electron chi connectivity index (χ1n) is 33.7. The molecule has 0 aromatic rings. The van der Waals surface area contributed by atoms with Gasteiger partial charge in [0, 0.05) is 26.4 Å². The van der Waals surface area contributed by atoms with Gasteiger partial charge in [-0.25, -0.2) is 23.1 Å². The number of aliphatic hydroxyl groups is 22. The zero-order chi connectivity index (χ0) is 84.6. The zero-order valence-electron chi connectivity index (χ0n) is 58.4. The number of ether oxygens (including phenoxy) is 14. The molecule has 0 amide bonds. The van der Waals surface area contributed by atoms with Crippen LogP contribution in [0.5, 0.6) is 0 Å². The van der Waals surface area contributed by atoms with Gasteiger partial charge in [0.15, 0.2) is 37.7 Å². The predicted molar refractivity (Wildman–Crippen MR) is 340 cm³/mol. The number of hydrogen-bond acceptors (Lipinski definition) is 50. The first-order valence-corrected chi connectivity index (χ1v) is 39.7. The van der Waals surface area contributed by atoms with Crippen LogP contribution in [0.25, 0.3) is 0 Å². The van der Waals surface area contributed by atoms with E-state index < -0.39 is 355 Å². The number of nitrogens with two attached hydrogens (primary N) is 2. The summed E-state index contributed by atoms with van der Waals surface area (Å²) < 4.78 is 161. The minimum Gasteiger partial charge on any atom is -0.477 e. The van der Waals surface area contributed by atoms with Crippen molar-refractivity contribution in [1.29, 1.82) is 0 Å². The summed E-state index contributed by atoms with van der Waals surface area (Å²) in [5.74, 6) is -7.29. The van der Waals surface area contributed by atoms with Crippen LogP contribution in [0.15, 0.2) is 0 Å². The fraction of sp³-hybridized carbons (Fsp3) is 0.962. The first kappa shape index (κ1) is 98.1. The van der Waals surface area contributed by atoms with Gasteiger partial charge in [-0.05, 0) is 0 Å². The van der Waals surface area contributed by atoms with Crippen molar-refractivity contribution in [2.24, 2.45) is 11.5 Å². The van der Waals surface area contributed by atoms with Crippen molar-refractivity contribution in [3.63, 3.8) is 0 Å². The molecule has 0 bridgehead atoms. The Morgan fingerprint density at radius 3 is 1.38 bits per heavy atom. The van der Waals surface area contributed by atoms with Gasteiger partial charge >= 0.3 is 43.2 Å². The molecule has 7 aliphatic heterocycles. The number of carboxylic acids is 1. The third-order valence-electron chi connectivity index (χ3n) is 18.0. The third kappa shape index (κ3) is 24.4. The molecule has 7 saturated heterocycles. The Labute approximate surface area is 634 Å². The number of phosphoric ester groups is 4. The van der Waals surface area contributed by atoms with Gasteiger partial charge in [-0.3, -0.25) is 27.4 Å². The molecule has 7 fully saturated rings. The Morgan fingerprint density at radius 2 is 0.867 bits per heavy atom. The number of rotatable bonds is 39. The van der Waals surface area contributed by atoms with Crippen molar-refractivity contribution in [2.75, 3.05) is 72.6 Å². The maximum Gasteiger partial charge on any atom is 0.481 e. The quantitative estimate of drug-likeness (QED) is 0.0201. The number of carboxylic acid groups (broad SMARTS) is 1. The Kier molecular flexibility index (Phi) is 36.2. The van der Waals surface area contributed by atoms with E-state index >= 15 is 0 Å². The van der Waals surface area contributed by atoms with Crippen LogP contribution in [-0.2, 0) is 121 Å². The summed E-state index contributed by atoms with van der Waals surface area (Å²) in [6.45, 7) is -11.6. The minimum absolute atomic E-state index is 0.508. The van der Waals surface area contributed by atoms with E-state index in [2.05, 4.69) is 13.4 Å². The molecule has 7 heterocycles. The lowest BCUT2D eigenvalue weighted by atomic mass is 9.91. The van der Waals surface area contributed by atoms with Gasteiger partial charge in [-0.1, -0.05) is 0 Å². The average molecular weight is 1750 g/mol. The Balaban J connectivity index is 1.41. The Bertz CT molecular complexity index is 3180. The normalized spacial score (nSPS) is 43.6. The van der Waals surface area contributed by atoms with Crippen molar-refractivity contribution in [3.8, 4) is 0 Å². The van der Waals surface area contributed by atoms with Gasteiger partial charge in [-0.2, -0.15) is 4.31 Å². The van der Waals surface area contributed by atoms with Crippen molar-refractivity contribution in [3.05, 3.63) is 0 Å². The first-order chi connectivity index (χ1) is 52.7. The number of phosphoric acid groups is 4. The average Bonchev–Trinajstić information content (AvgIpc) is 0.755. The highest BCUT2D eigenvalue weighted by molar-refractivity contribution is 7.61. The summed E-state index contributed by atoms with van der Waals surface area (Å²) in [4.78, 5) is 76.0. The lowest BCUT2D eigenvalue weighted by Crippen LogP contribution is -2.71. The van der Waals surface area contributed by atoms with Gasteiger partial charge < -0.3 is 220 Å². The molecule has 662 valence electrons. The second kappa shape index (κ2) is 41.7. The molecular weight excluding hydrogens is 1650 g/mol. The fourth-order valence-corrected chi connectivity index (χ4v) is 16.0. The SMILES string of the molecule is CC(=O)OC[C@H]1O[C@@H](O[C@@H]2[C@@H](O[C@@H]3[C@@H](O[C@@H]4[C@H](O)[C@@H](O[C@H]5[C@@H]([C@H](O)CO)O[C@@](O)(C(=O)O)C[C@H]5OP(=O)(O)OP(=O)(O)OCCN)O[C@H]([C@@H](O)CO)[C@H]4O[C@@H]4O[C@H](COP(=O)(O)O)[C@@H](O)[C@H](O)[C@H]4O)O[C@H]([C@H](CO)OP(=O)(O)OCCN)[C@@H](O)[C@@H]3O)O[C@H]([C@@H](O)CO)[C@@H](O)[C@@H]2O)[C@H](O)[C@@H](O)[C@@H]1O[C@@H]1O[C@H](CO)[C@H](O)[C@H](O)[C@H]1O. The smallest absolute Gasteiger partial charge is 0.477 e. The fourth-order valence-electron chi connectivity index (χ4n) is 12.4. The van der Waals surface area contributed by atoms with Crippen molar-refractivity contribution in [1.82, 2.24) is 0 Å². The second-order valence-corrected chi connectivity index (χ2v) is 31.8. The summed E-state index contributed by atoms with van der Waals surface area (Å²) in [6.07, 6.45) is -97.3. The molecule has 3 unspecified atom stereocenters. The van der Waals surface area contributed by atoms with Crippen LogP contribution in [0.4, 0.5) is 0 Å². The van der Waals surface area contributed by atoms with E-state index in [1.54, 1.807) is 0 Å². The van der Waals surface area contributed by atoms with Crippen molar-refractivity contribution in [2.45, 2.75) is 246 Å². The lowest BCUT2D eigenvalue weighted by Gasteiger charge is -2.52. The molecule has 0 aliphatic carbocycles. The molecule has 0 saturated carbocycles. The second-order valence-electron chi connectivity index (χ2n) is 26.1. The molecule has 7 aliphatic rings. The van der Waals surface area contributed by atoms with E-state index in [1.165, 1.54) is 0 Å². The topological polar surface area (TPSA) is 906 Å². The van der Waals surface area contributed by atoms with Crippen LogP contribution >= 0.6 is 31.3 Å². The Morgan fingerprint density at radius 1 is 0.442 bits per heavy atom. The monoisotopic (exact) mass is 1750 g/mol. The molecule has 0 aromatic heterocycles. The van der Waals surface area contributed by atoms with Crippen molar-refractivity contribution < 1.29 is 263 Å². The van der Waals surface area contributed by atoms with Gasteiger partial charge in [0.25, 0.3) is 5.79 Å². The zero-order valence-corrected chi connectivity index (χ0v) is 62.0. The number of hydrogen-bond donors (Lipinski definition) is 30. The van der Waals surface area contributed by atoms with Crippen LogP contribution in [0.3, 0.4) is 0 Å². The molecule has 113 heavy (non-hydrogen) atoms. The van der Waals surface area contributed by atoms with Gasteiger partial charge in [0.2, 0.25) is 0 Å². The molecule has 0 aromatic carbocycles. The highest BCUT2D eigenvalue weighted by Gasteiger charge is 2.64. The van der Waals surface area contributed by atoms with E-state index in [9.17, 15) is 170 Å². The summed E-state index contributed by atoms with van der Waals surface area (Å²) in [6, 6.07) is 0. The van der Waals surface area contributed by atoms with Crippen LogP contribution in [0, 0.1) is 0 Å². The van der Waals surface area contributed by atoms with E-state index in [1.807, 2.05) is 0 Å². The summed E-state index contributed by atoms with van der Waals surface area (Å²) in [5.41, 5.74) is 10.7.